The molecule has 1 amide bonds. The fourth-order valence-corrected chi connectivity index (χ4v) is 3.62. The van der Waals surface area contributed by atoms with Gasteiger partial charge in [0, 0.05) is 16.8 Å². The number of benzene rings is 3. The normalized spacial score (nSPS) is 11.2. The molecule has 0 saturated heterocycles. The number of nitrogens with one attached hydrogen (secondary N) is 2. The van der Waals surface area contributed by atoms with Crippen molar-refractivity contribution in [3.8, 4) is 11.4 Å². The summed E-state index contributed by atoms with van der Waals surface area (Å²) in [7, 11) is 0. The quantitative estimate of drug-likeness (QED) is 0.467. The highest BCUT2D eigenvalue weighted by atomic mass is 32.1. The van der Waals surface area contributed by atoms with E-state index < -0.39 is 0 Å². The van der Waals surface area contributed by atoms with E-state index in [-0.39, 0.29) is 5.91 Å². The zero-order valence-electron chi connectivity index (χ0n) is 14.9. The lowest BCUT2D eigenvalue weighted by molar-refractivity contribution is 0.102. The van der Waals surface area contributed by atoms with Gasteiger partial charge in [-0.25, -0.2) is 4.98 Å². The Morgan fingerprint density at radius 2 is 1.71 bits per heavy atom. The molecule has 2 aromatic heterocycles. The second-order valence-corrected chi connectivity index (χ2v) is 7.13. The summed E-state index contributed by atoms with van der Waals surface area (Å²) in [5.41, 5.74) is 6.90. The zero-order valence-corrected chi connectivity index (χ0v) is 15.7. The third kappa shape index (κ3) is 3.01. The molecule has 3 aromatic carbocycles. The predicted octanol–water partition coefficient (Wildman–Crippen LogP) is 4.80. The molecule has 0 saturated carbocycles. The van der Waals surface area contributed by atoms with Crippen molar-refractivity contribution in [2.45, 2.75) is 6.92 Å². The first-order chi connectivity index (χ1) is 13.7. The second kappa shape index (κ2) is 6.54. The van der Waals surface area contributed by atoms with Gasteiger partial charge < -0.3 is 10.3 Å². The van der Waals surface area contributed by atoms with Crippen molar-refractivity contribution in [3.63, 3.8) is 0 Å². The van der Waals surface area contributed by atoms with Gasteiger partial charge in [-0.1, -0.05) is 6.07 Å². The molecule has 6 nitrogen and oxygen atoms in total. The Balaban J connectivity index is 1.37. The van der Waals surface area contributed by atoms with Crippen LogP contribution in [0.1, 0.15) is 15.9 Å². The number of fused-ring (bicyclic) bond motifs is 2. The number of amides is 1. The third-order valence-corrected chi connectivity index (χ3v) is 5.13. The molecule has 28 heavy (non-hydrogen) atoms. The Morgan fingerprint density at radius 3 is 2.57 bits per heavy atom. The first kappa shape index (κ1) is 16.6. The Hall–Kier alpha value is -3.58. The molecule has 0 fully saturated rings. The Labute approximate surface area is 164 Å². The number of carbonyl (C=O) groups excluding carboxylic acids is 1. The number of hydrogen-bond acceptors (Lipinski definition) is 5. The van der Waals surface area contributed by atoms with E-state index in [9.17, 15) is 4.79 Å². The van der Waals surface area contributed by atoms with Gasteiger partial charge in [0.2, 0.25) is 0 Å². The van der Waals surface area contributed by atoms with Crippen LogP contribution in [0.4, 0.5) is 5.69 Å². The molecule has 0 unspecified atom stereocenters. The largest absolute Gasteiger partial charge is 0.338 e. The molecule has 5 aromatic rings. The van der Waals surface area contributed by atoms with Crippen molar-refractivity contribution in [1.29, 1.82) is 0 Å². The van der Waals surface area contributed by atoms with Crippen LogP contribution in [0.15, 0.2) is 60.7 Å². The van der Waals surface area contributed by atoms with E-state index in [1.807, 2.05) is 36.4 Å². The summed E-state index contributed by atoms with van der Waals surface area (Å²) in [6.45, 7) is 2.06. The summed E-state index contributed by atoms with van der Waals surface area (Å²) < 4.78 is 8.33. The molecule has 0 aliphatic rings. The van der Waals surface area contributed by atoms with Crippen LogP contribution in [0.5, 0.6) is 0 Å². The lowest BCUT2D eigenvalue weighted by Crippen LogP contribution is -2.11. The van der Waals surface area contributed by atoms with Crippen LogP contribution in [0.2, 0.25) is 0 Å². The number of nitrogens with zero attached hydrogens (tertiary/aromatic N) is 3. The average molecular weight is 385 g/mol. The highest BCUT2D eigenvalue weighted by Gasteiger charge is 2.10. The maximum atomic E-state index is 12.5. The molecular formula is C21H15N5OS. The summed E-state index contributed by atoms with van der Waals surface area (Å²) in [5, 5.41) is 2.91. The standard InChI is InChI=1S/C21H15N5OS/c1-12-2-8-16-18(10-12)24-20(23-16)13-3-6-15(7-4-13)22-21(27)14-5-9-17-19(11-14)26-28-25-17/h2-11H,1H3,(H,22,27)(H,23,24). The molecule has 0 radical (unpaired) electrons. The number of aryl methyl sites for hydroxylation is 1. The minimum absolute atomic E-state index is 0.179. The van der Waals surface area contributed by atoms with Gasteiger partial charge in [0.25, 0.3) is 5.91 Å². The van der Waals surface area contributed by atoms with E-state index in [4.69, 9.17) is 0 Å². The predicted molar refractivity (Wildman–Crippen MR) is 112 cm³/mol. The van der Waals surface area contributed by atoms with E-state index in [1.165, 1.54) is 5.56 Å². The number of aromatic amines is 1. The number of imidazole rings is 1. The van der Waals surface area contributed by atoms with Gasteiger partial charge in [0.15, 0.2) is 0 Å². The maximum Gasteiger partial charge on any atom is 0.255 e. The fraction of sp³-hybridized carbons (Fsp3) is 0.0476. The topological polar surface area (TPSA) is 83.6 Å². The maximum absolute atomic E-state index is 12.5. The molecular weight excluding hydrogens is 370 g/mol. The van der Waals surface area contributed by atoms with Crippen molar-refractivity contribution >= 4 is 45.4 Å². The van der Waals surface area contributed by atoms with E-state index in [0.29, 0.717) is 5.56 Å². The number of anilines is 1. The summed E-state index contributed by atoms with van der Waals surface area (Å²) in [4.78, 5) is 20.5. The van der Waals surface area contributed by atoms with Crippen molar-refractivity contribution in [2.24, 2.45) is 0 Å². The highest BCUT2D eigenvalue weighted by molar-refractivity contribution is 7.00. The summed E-state index contributed by atoms with van der Waals surface area (Å²) in [6.07, 6.45) is 0. The fourth-order valence-electron chi connectivity index (χ4n) is 3.10. The van der Waals surface area contributed by atoms with Crippen molar-refractivity contribution in [2.75, 3.05) is 5.32 Å². The number of aromatic nitrogens is 4. The van der Waals surface area contributed by atoms with Crippen LogP contribution in [0, 0.1) is 6.92 Å². The minimum Gasteiger partial charge on any atom is -0.338 e. The van der Waals surface area contributed by atoms with Crippen LogP contribution in [-0.2, 0) is 0 Å². The van der Waals surface area contributed by atoms with E-state index in [2.05, 4.69) is 37.0 Å². The molecule has 5 rings (SSSR count). The van der Waals surface area contributed by atoms with Crippen LogP contribution in [-0.4, -0.2) is 24.6 Å². The van der Waals surface area contributed by atoms with Crippen LogP contribution in [0.3, 0.4) is 0 Å². The van der Waals surface area contributed by atoms with E-state index in [0.717, 1.165) is 50.9 Å². The highest BCUT2D eigenvalue weighted by Crippen LogP contribution is 2.23. The molecule has 2 heterocycles. The Morgan fingerprint density at radius 1 is 0.929 bits per heavy atom. The number of hydrogen-bond donors (Lipinski definition) is 2. The number of H-pyrrole nitrogens is 1. The van der Waals surface area contributed by atoms with Crippen LogP contribution in [0.25, 0.3) is 33.5 Å². The third-order valence-electron chi connectivity index (χ3n) is 4.57. The minimum atomic E-state index is -0.179. The summed E-state index contributed by atoms with van der Waals surface area (Å²) in [6, 6.07) is 19.1. The molecule has 0 aliphatic heterocycles. The van der Waals surface area contributed by atoms with E-state index in [1.54, 1.807) is 18.2 Å². The van der Waals surface area contributed by atoms with Gasteiger partial charge in [-0.2, -0.15) is 8.75 Å². The van der Waals surface area contributed by atoms with Crippen molar-refractivity contribution in [1.82, 2.24) is 18.7 Å². The van der Waals surface area contributed by atoms with Crippen LogP contribution >= 0.6 is 11.7 Å². The van der Waals surface area contributed by atoms with Gasteiger partial charge in [0.05, 0.1) is 22.8 Å². The molecule has 0 spiro atoms. The number of rotatable bonds is 3. The van der Waals surface area contributed by atoms with Gasteiger partial charge in [-0.3, -0.25) is 4.79 Å². The zero-order chi connectivity index (χ0) is 19.1. The van der Waals surface area contributed by atoms with E-state index >= 15 is 0 Å². The molecule has 0 bridgehead atoms. The lowest BCUT2D eigenvalue weighted by atomic mass is 10.1. The van der Waals surface area contributed by atoms with Gasteiger partial charge in [-0.05, 0) is 67.1 Å². The van der Waals surface area contributed by atoms with Crippen molar-refractivity contribution < 1.29 is 4.79 Å². The summed E-state index contributed by atoms with van der Waals surface area (Å²) >= 11 is 1.14. The number of carbonyl (C=O) groups is 1. The van der Waals surface area contributed by atoms with Crippen molar-refractivity contribution in [3.05, 3.63) is 71.8 Å². The Kier molecular flexibility index (Phi) is 3.87. The van der Waals surface area contributed by atoms with Gasteiger partial charge in [-0.15, -0.1) is 0 Å². The first-order valence-electron chi connectivity index (χ1n) is 8.76. The molecule has 136 valence electrons. The SMILES string of the molecule is Cc1ccc2nc(-c3ccc(NC(=O)c4ccc5nsnc5c4)cc3)[nH]c2c1. The monoisotopic (exact) mass is 385 g/mol. The van der Waals surface area contributed by atoms with Crippen LogP contribution < -0.4 is 5.32 Å². The van der Waals surface area contributed by atoms with Gasteiger partial charge in [0.1, 0.15) is 16.9 Å². The van der Waals surface area contributed by atoms with Gasteiger partial charge >= 0.3 is 0 Å². The molecule has 0 aliphatic carbocycles. The first-order valence-corrected chi connectivity index (χ1v) is 9.49. The Bertz CT molecular complexity index is 1320. The lowest BCUT2D eigenvalue weighted by Gasteiger charge is -2.06. The second-order valence-electron chi connectivity index (χ2n) is 6.61. The molecule has 7 heteroatoms. The smallest absolute Gasteiger partial charge is 0.255 e. The molecule has 0 atom stereocenters. The summed E-state index contributed by atoms with van der Waals surface area (Å²) in [5.74, 6) is 0.627. The average Bonchev–Trinajstić information content (AvgIpc) is 3.34. The molecule has 2 N–H and O–H groups in total.